The lowest BCUT2D eigenvalue weighted by atomic mass is 10.1. The predicted octanol–water partition coefficient (Wildman–Crippen LogP) is 4.15. The van der Waals surface area contributed by atoms with Crippen molar-refractivity contribution in [2.24, 2.45) is 5.92 Å². The van der Waals surface area contributed by atoms with Crippen LogP contribution in [0.4, 0.5) is 0 Å². The molecule has 0 saturated carbocycles. The Morgan fingerprint density at radius 2 is 1.91 bits per heavy atom. The Kier molecular flexibility index (Phi) is 5.74. The zero-order valence-electron chi connectivity index (χ0n) is 14.2. The Bertz CT molecular complexity index is 663. The molecule has 1 aromatic heterocycles. The van der Waals surface area contributed by atoms with Gasteiger partial charge in [-0.1, -0.05) is 19.9 Å². The van der Waals surface area contributed by atoms with Gasteiger partial charge in [0, 0.05) is 24.7 Å². The Morgan fingerprint density at radius 1 is 1.22 bits per heavy atom. The number of benzene rings is 1. The normalized spacial score (nSPS) is 11.8. The minimum absolute atomic E-state index is 0.0304. The summed E-state index contributed by atoms with van der Waals surface area (Å²) in [6, 6.07) is 9.79. The van der Waals surface area contributed by atoms with Crippen molar-refractivity contribution in [3.8, 4) is 11.6 Å². The van der Waals surface area contributed by atoms with Gasteiger partial charge < -0.3 is 10.1 Å². The summed E-state index contributed by atoms with van der Waals surface area (Å²) >= 11 is 0. The Hall–Kier alpha value is -2.36. The molecule has 2 aromatic rings. The largest absolute Gasteiger partial charge is 0.439 e. The number of carbonyl (C=O) groups excluding carboxylic acids is 1. The molecule has 0 bridgehead atoms. The zero-order valence-corrected chi connectivity index (χ0v) is 14.2. The first-order chi connectivity index (χ1) is 11.0. The third kappa shape index (κ3) is 5.09. The van der Waals surface area contributed by atoms with Crippen LogP contribution in [0.15, 0.2) is 36.5 Å². The summed E-state index contributed by atoms with van der Waals surface area (Å²) < 4.78 is 5.83. The van der Waals surface area contributed by atoms with E-state index in [1.165, 1.54) is 0 Å². The van der Waals surface area contributed by atoms with Crippen LogP contribution >= 0.6 is 0 Å². The molecule has 1 amide bonds. The summed E-state index contributed by atoms with van der Waals surface area (Å²) in [5, 5.41) is 2.94. The lowest BCUT2D eigenvalue weighted by Crippen LogP contribution is -2.28. The number of nitrogens with zero attached hydrogens (tertiary/aromatic N) is 1. The second-order valence-electron chi connectivity index (χ2n) is 5.95. The molecular formula is C19H24N2O2. The van der Waals surface area contributed by atoms with Crippen LogP contribution in [-0.2, 0) is 11.3 Å². The fourth-order valence-corrected chi connectivity index (χ4v) is 2.28. The Balaban J connectivity index is 2.03. The number of hydrogen-bond acceptors (Lipinski definition) is 3. The molecule has 0 aliphatic heterocycles. The fourth-order valence-electron chi connectivity index (χ4n) is 2.28. The first-order valence-electron chi connectivity index (χ1n) is 7.96. The van der Waals surface area contributed by atoms with Gasteiger partial charge in [-0.15, -0.1) is 0 Å². The van der Waals surface area contributed by atoms with Crippen molar-refractivity contribution in [3.63, 3.8) is 0 Å². The maximum absolute atomic E-state index is 11.8. The summed E-state index contributed by atoms with van der Waals surface area (Å²) in [5.74, 6) is 1.41. The minimum atomic E-state index is 0.0304. The number of aromatic nitrogens is 1. The zero-order chi connectivity index (χ0) is 16.8. The van der Waals surface area contributed by atoms with Crippen molar-refractivity contribution in [3.05, 3.63) is 53.2 Å². The molecule has 1 aromatic carbocycles. The van der Waals surface area contributed by atoms with Crippen LogP contribution in [0, 0.1) is 19.8 Å². The quantitative estimate of drug-likeness (QED) is 0.871. The topological polar surface area (TPSA) is 51.2 Å². The summed E-state index contributed by atoms with van der Waals surface area (Å²) in [5.41, 5.74) is 3.27. The number of pyridine rings is 1. The highest BCUT2D eigenvalue weighted by molar-refractivity contribution is 5.78. The lowest BCUT2D eigenvalue weighted by Gasteiger charge is -2.11. The maximum atomic E-state index is 11.8. The van der Waals surface area contributed by atoms with Crippen molar-refractivity contribution < 1.29 is 9.53 Å². The molecule has 0 aliphatic carbocycles. The Labute approximate surface area is 137 Å². The van der Waals surface area contributed by atoms with Gasteiger partial charge in [0.15, 0.2) is 0 Å². The summed E-state index contributed by atoms with van der Waals surface area (Å²) in [4.78, 5) is 16.1. The van der Waals surface area contributed by atoms with Crippen LogP contribution in [0.2, 0.25) is 0 Å². The Morgan fingerprint density at radius 3 is 2.57 bits per heavy atom. The number of nitrogens with one attached hydrogen (secondary N) is 1. The molecule has 1 atom stereocenters. The molecule has 1 N–H and O–H groups in total. The van der Waals surface area contributed by atoms with Gasteiger partial charge in [-0.3, -0.25) is 4.79 Å². The smallest absolute Gasteiger partial charge is 0.223 e. The molecule has 0 spiro atoms. The molecule has 0 saturated heterocycles. The van der Waals surface area contributed by atoms with Gasteiger partial charge in [0.2, 0.25) is 11.8 Å². The van der Waals surface area contributed by atoms with Crippen LogP contribution in [0.5, 0.6) is 11.6 Å². The highest BCUT2D eigenvalue weighted by Gasteiger charge is 2.10. The number of aryl methyl sites for hydroxylation is 2. The van der Waals surface area contributed by atoms with Gasteiger partial charge >= 0.3 is 0 Å². The first kappa shape index (κ1) is 17.0. The van der Waals surface area contributed by atoms with Crippen LogP contribution in [0.25, 0.3) is 0 Å². The first-order valence-corrected chi connectivity index (χ1v) is 7.96. The minimum Gasteiger partial charge on any atom is -0.439 e. The van der Waals surface area contributed by atoms with Gasteiger partial charge in [-0.25, -0.2) is 4.98 Å². The van der Waals surface area contributed by atoms with Crippen LogP contribution in [0.1, 0.15) is 37.0 Å². The molecule has 4 heteroatoms. The number of hydrogen-bond donors (Lipinski definition) is 1. The van der Waals surface area contributed by atoms with Gasteiger partial charge in [-0.05, 0) is 55.2 Å². The third-order valence-electron chi connectivity index (χ3n) is 3.74. The van der Waals surface area contributed by atoms with Gasteiger partial charge in [0.25, 0.3) is 0 Å². The molecule has 0 radical (unpaired) electrons. The number of amides is 1. The standard InChI is InChI=1S/C19H24N2O2/c1-5-15(4)19(22)21-12-16-6-7-20-18(11-16)23-17-9-13(2)8-14(3)10-17/h6-11,15H,5,12H2,1-4H3,(H,21,22)/t15-/m0/s1. The number of carbonyl (C=O) groups is 1. The van der Waals surface area contributed by atoms with Crippen molar-refractivity contribution in [2.75, 3.05) is 0 Å². The van der Waals surface area contributed by atoms with E-state index in [0.717, 1.165) is 28.9 Å². The van der Waals surface area contributed by atoms with Crippen molar-refractivity contribution in [2.45, 2.75) is 40.7 Å². The molecule has 2 rings (SSSR count). The average Bonchev–Trinajstić information content (AvgIpc) is 2.51. The molecule has 122 valence electrons. The van der Waals surface area contributed by atoms with Crippen LogP contribution < -0.4 is 10.1 Å². The molecule has 4 nitrogen and oxygen atoms in total. The molecular weight excluding hydrogens is 288 g/mol. The second kappa shape index (κ2) is 7.77. The fraction of sp³-hybridized carbons (Fsp3) is 0.368. The van der Waals surface area contributed by atoms with E-state index in [4.69, 9.17) is 4.74 Å². The molecule has 0 aliphatic rings. The van der Waals surface area contributed by atoms with Gasteiger partial charge in [0.1, 0.15) is 5.75 Å². The SMILES string of the molecule is CC[C@H](C)C(=O)NCc1ccnc(Oc2cc(C)cc(C)c2)c1. The van der Waals surface area contributed by atoms with E-state index in [1.54, 1.807) is 6.20 Å². The highest BCUT2D eigenvalue weighted by atomic mass is 16.5. The average molecular weight is 312 g/mol. The monoisotopic (exact) mass is 312 g/mol. The van der Waals surface area contributed by atoms with E-state index in [9.17, 15) is 4.79 Å². The van der Waals surface area contributed by atoms with E-state index in [-0.39, 0.29) is 11.8 Å². The van der Waals surface area contributed by atoms with Crippen LogP contribution in [0.3, 0.4) is 0 Å². The van der Waals surface area contributed by atoms with E-state index >= 15 is 0 Å². The number of ether oxygens (including phenoxy) is 1. The van der Waals surface area contributed by atoms with Gasteiger partial charge in [-0.2, -0.15) is 0 Å². The highest BCUT2D eigenvalue weighted by Crippen LogP contribution is 2.22. The summed E-state index contributed by atoms with van der Waals surface area (Å²) in [6.07, 6.45) is 2.53. The third-order valence-corrected chi connectivity index (χ3v) is 3.74. The lowest BCUT2D eigenvalue weighted by molar-refractivity contribution is -0.124. The molecule has 1 heterocycles. The van der Waals surface area contributed by atoms with E-state index in [1.807, 2.05) is 52.0 Å². The predicted molar refractivity (Wildman–Crippen MR) is 91.5 cm³/mol. The van der Waals surface area contributed by atoms with Crippen LogP contribution in [-0.4, -0.2) is 10.9 Å². The van der Waals surface area contributed by atoms with Crippen molar-refractivity contribution in [1.82, 2.24) is 10.3 Å². The number of rotatable bonds is 6. The second-order valence-corrected chi connectivity index (χ2v) is 5.95. The molecule has 0 fully saturated rings. The van der Waals surface area contributed by atoms with Crippen molar-refractivity contribution >= 4 is 5.91 Å². The molecule has 0 unspecified atom stereocenters. The van der Waals surface area contributed by atoms with Gasteiger partial charge in [0.05, 0.1) is 0 Å². The van der Waals surface area contributed by atoms with E-state index < -0.39 is 0 Å². The van der Waals surface area contributed by atoms with E-state index in [0.29, 0.717) is 12.4 Å². The van der Waals surface area contributed by atoms with E-state index in [2.05, 4.69) is 16.4 Å². The maximum Gasteiger partial charge on any atom is 0.223 e. The summed E-state index contributed by atoms with van der Waals surface area (Å²) in [7, 11) is 0. The molecule has 23 heavy (non-hydrogen) atoms. The van der Waals surface area contributed by atoms with Crippen molar-refractivity contribution in [1.29, 1.82) is 0 Å². The summed E-state index contributed by atoms with van der Waals surface area (Å²) in [6.45, 7) is 8.49.